The average Bonchev–Trinajstić information content (AvgIpc) is 3.05. The van der Waals surface area contributed by atoms with E-state index in [1.165, 1.54) is 15.8 Å². The number of carbonyl (C=O) groups excluding carboxylic acids is 1. The summed E-state index contributed by atoms with van der Waals surface area (Å²) in [5, 5.41) is 14.6. The summed E-state index contributed by atoms with van der Waals surface area (Å²) in [6.45, 7) is 4.41. The van der Waals surface area contributed by atoms with Gasteiger partial charge < -0.3 is 9.64 Å². The minimum Gasteiger partial charge on any atom is -0.492 e. The van der Waals surface area contributed by atoms with Crippen molar-refractivity contribution < 1.29 is 14.5 Å². The highest BCUT2D eigenvalue weighted by atomic mass is 16.6. The molecule has 0 aliphatic carbocycles. The van der Waals surface area contributed by atoms with E-state index >= 15 is 0 Å². The molecule has 0 radical (unpaired) electrons. The molecule has 1 heterocycles. The number of rotatable bonds is 7. The summed E-state index contributed by atoms with van der Waals surface area (Å²) in [5.41, 5.74) is 1.01. The minimum atomic E-state index is -0.622. The van der Waals surface area contributed by atoms with Crippen molar-refractivity contribution in [2.24, 2.45) is 0 Å². The molecule has 0 aliphatic rings. The fraction of sp³-hybridized carbons (Fsp3) is 0.375. The molecule has 1 unspecified atom stereocenters. The summed E-state index contributed by atoms with van der Waals surface area (Å²) in [4.78, 5) is 24.0. The fourth-order valence-corrected chi connectivity index (χ4v) is 2.11. The maximum atomic E-state index is 12.3. The Bertz CT molecular complexity index is 711. The predicted octanol–water partition coefficient (Wildman–Crippen LogP) is 2.20. The highest BCUT2D eigenvalue weighted by molar-refractivity contribution is 5.79. The Kier molecular flexibility index (Phi) is 5.51. The lowest BCUT2D eigenvalue weighted by molar-refractivity contribution is -0.385. The number of benzene rings is 1. The summed E-state index contributed by atoms with van der Waals surface area (Å²) in [7, 11) is 1.66. The van der Waals surface area contributed by atoms with E-state index in [1.807, 2.05) is 31.2 Å². The Morgan fingerprint density at radius 1 is 1.42 bits per heavy atom. The number of ether oxygens (including phenoxy) is 1. The van der Waals surface area contributed by atoms with Crippen LogP contribution in [0.25, 0.3) is 0 Å². The fourth-order valence-electron chi connectivity index (χ4n) is 2.11. The van der Waals surface area contributed by atoms with Crippen molar-refractivity contribution in [3.05, 3.63) is 52.3 Å². The minimum absolute atomic E-state index is 0.139. The molecule has 8 heteroatoms. The van der Waals surface area contributed by atoms with Gasteiger partial charge in [-0.3, -0.25) is 19.6 Å². The summed E-state index contributed by atoms with van der Waals surface area (Å²) < 4.78 is 6.89. The molecule has 1 amide bonds. The number of amides is 1. The molecule has 24 heavy (non-hydrogen) atoms. The third kappa shape index (κ3) is 4.31. The summed E-state index contributed by atoms with van der Waals surface area (Å²) in [6.07, 6.45) is 2.38. The van der Waals surface area contributed by atoms with Crippen molar-refractivity contribution in [3.63, 3.8) is 0 Å². The van der Waals surface area contributed by atoms with Gasteiger partial charge in [-0.1, -0.05) is 17.7 Å². The van der Waals surface area contributed by atoms with E-state index in [2.05, 4.69) is 5.10 Å². The molecule has 0 fully saturated rings. The van der Waals surface area contributed by atoms with Crippen LogP contribution < -0.4 is 4.74 Å². The van der Waals surface area contributed by atoms with Crippen LogP contribution in [-0.2, 0) is 4.79 Å². The zero-order chi connectivity index (χ0) is 17.7. The van der Waals surface area contributed by atoms with E-state index in [-0.39, 0.29) is 11.6 Å². The molecule has 2 aromatic rings. The number of aryl methyl sites for hydroxylation is 1. The van der Waals surface area contributed by atoms with E-state index in [0.717, 1.165) is 17.5 Å². The predicted molar refractivity (Wildman–Crippen MR) is 87.9 cm³/mol. The van der Waals surface area contributed by atoms with Crippen molar-refractivity contribution in [1.82, 2.24) is 14.7 Å². The van der Waals surface area contributed by atoms with Crippen LogP contribution in [0.5, 0.6) is 5.75 Å². The molecule has 1 atom stereocenters. The number of hydrogen-bond donors (Lipinski definition) is 0. The normalized spacial score (nSPS) is 11.8. The second-order valence-corrected chi connectivity index (χ2v) is 5.53. The van der Waals surface area contributed by atoms with Gasteiger partial charge in [0.2, 0.25) is 5.91 Å². The number of likely N-dealkylation sites (N-methyl/N-ethyl adjacent to an activating group) is 1. The van der Waals surface area contributed by atoms with Crippen molar-refractivity contribution in [3.8, 4) is 5.75 Å². The van der Waals surface area contributed by atoms with Gasteiger partial charge >= 0.3 is 5.69 Å². The maximum Gasteiger partial charge on any atom is 0.307 e. The topological polar surface area (TPSA) is 90.5 Å². The molecule has 0 N–H and O–H groups in total. The molecule has 0 saturated heterocycles. The number of nitrogens with zero attached hydrogens (tertiary/aromatic N) is 4. The third-order valence-electron chi connectivity index (χ3n) is 3.65. The molecule has 2 rings (SSSR count). The molecule has 0 spiro atoms. The first kappa shape index (κ1) is 17.5. The van der Waals surface area contributed by atoms with Gasteiger partial charge in [0.05, 0.1) is 11.5 Å². The largest absolute Gasteiger partial charge is 0.492 e. The van der Waals surface area contributed by atoms with Gasteiger partial charge in [0.25, 0.3) is 0 Å². The first-order chi connectivity index (χ1) is 11.4. The molecule has 0 bridgehead atoms. The van der Waals surface area contributed by atoms with E-state index in [1.54, 1.807) is 14.0 Å². The second kappa shape index (κ2) is 7.58. The van der Waals surface area contributed by atoms with Gasteiger partial charge in [0.15, 0.2) is 0 Å². The van der Waals surface area contributed by atoms with Crippen LogP contribution in [0.3, 0.4) is 0 Å². The molecule has 0 aliphatic heterocycles. The number of carbonyl (C=O) groups is 1. The number of aromatic nitrogens is 2. The highest BCUT2D eigenvalue weighted by Crippen LogP contribution is 2.15. The monoisotopic (exact) mass is 332 g/mol. The van der Waals surface area contributed by atoms with Gasteiger partial charge in [0.1, 0.15) is 30.8 Å². The maximum absolute atomic E-state index is 12.3. The Balaban J connectivity index is 1.86. The third-order valence-corrected chi connectivity index (χ3v) is 3.65. The van der Waals surface area contributed by atoms with Crippen LogP contribution in [0.1, 0.15) is 18.5 Å². The van der Waals surface area contributed by atoms with E-state index in [9.17, 15) is 14.9 Å². The van der Waals surface area contributed by atoms with Crippen molar-refractivity contribution >= 4 is 11.6 Å². The van der Waals surface area contributed by atoms with Crippen LogP contribution >= 0.6 is 0 Å². The summed E-state index contributed by atoms with van der Waals surface area (Å²) in [6, 6.07) is 7.04. The van der Waals surface area contributed by atoms with Gasteiger partial charge in [-0.15, -0.1) is 0 Å². The van der Waals surface area contributed by atoms with Crippen molar-refractivity contribution in [2.75, 3.05) is 20.2 Å². The first-order valence-corrected chi connectivity index (χ1v) is 7.51. The standard InChI is InChI=1S/C16H20N4O4/c1-12-4-6-15(7-5-12)24-9-8-18(3)16(21)13(2)19-11-14(10-17-19)20(22)23/h4-7,10-11,13H,8-9H2,1-3H3. The van der Waals surface area contributed by atoms with E-state index < -0.39 is 11.0 Å². The van der Waals surface area contributed by atoms with Crippen LogP contribution in [0.15, 0.2) is 36.7 Å². The number of hydrogen-bond acceptors (Lipinski definition) is 5. The molecule has 1 aromatic heterocycles. The molecular formula is C16H20N4O4. The van der Waals surface area contributed by atoms with E-state index in [4.69, 9.17) is 4.74 Å². The van der Waals surface area contributed by atoms with Crippen LogP contribution in [0.2, 0.25) is 0 Å². The molecule has 1 aromatic carbocycles. The molecule has 0 saturated carbocycles. The summed E-state index contributed by atoms with van der Waals surface area (Å²) >= 11 is 0. The lowest BCUT2D eigenvalue weighted by Crippen LogP contribution is -2.36. The number of nitro groups is 1. The Morgan fingerprint density at radius 2 is 2.08 bits per heavy atom. The SMILES string of the molecule is Cc1ccc(OCCN(C)C(=O)C(C)n2cc([N+](=O)[O-])cn2)cc1. The Labute approximate surface area is 139 Å². The lowest BCUT2D eigenvalue weighted by Gasteiger charge is -2.21. The Hall–Kier alpha value is -2.90. The lowest BCUT2D eigenvalue weighted by atomic mass is 10.2. The average molecular weight is 332 g/mol. The van der Waals surface area contributed by atoms with Gasteiger partial charge in [-0.05, 0) is 26.0 Å². The van der Waals surface area contributed by atoms with Crippen LogP contribution in [0.4, 0.5) is 5.69 Å². The molecule has 128 valence electrons. The quantitative estimate of drug-likeness (QED) is 0.572. The highest BCUT2D eigenvalue weighted by Gasteiger charge is 2.22. The van der Waals surface area contributed by atoms with Crippen LogP contribution in [0, 0.1) is 17.0 Å². The Morgan fingerprint density at radius 3 is 2.67 bits per heavy atom. The van der Waals surface area contributed by atoms with Gasteiger partial charge in [0, 0.05) is 7.05 Å². The first-order valence-electron chi connectivity index (χ1n) is 7.51. The zero-order valence-corrected chi connectivity index (χ0v) is 13.9. The molecular weight excluding hydrogens is 312 g/mol. The van der Waals surface area contributed by atoms with E-state index in [0.29, 0.717) is 13.2 Å². The molecule has 8 nitrogen and oxygen atoms in total. The van der Waals surface area contributed by atoms with Crippen molar-refractivity contribution in [2.45, 2.75) is 19.9 Å². The smallest absolute Gasteiger partial charge is 0.307 e. The van der Waals surface area contributed by atoms with Gasteiger partial charge in [-0.2, -0.15) is 5.10 Å². The summed E-state index contributed by atoms with van der Waals surface area (Å²) in [5.74, 6) is 0.553. The van der Waals surface area contributed by atoms with Crippen molar-refractivity contribution in [1.29, 1.82) is 0 Å². The zero-order valence-electron chi connectivity index (χ0n) is 13.9. The second-order valence-electron chi connectivity index (χ2n) is 5.53. The van der Waals surface area contributed by atoms with Gasteiger partial charge in [-0.25, -0.2) is 0 Å². The van der Waals surface area contributed by atoms with Crippen LogP contribution in [-0.4, -0.2) is 45.7 Å².